The summed E-state index contributed by atoms with van der Waals surface area (Å²) in [6, 6.07) is 61.8. The van der Waals surface area contributed by atoms with E-state index in [1.54, 1.807) is 0 Å². The molecule has 0 radical (unpaired) electrons. The number of para-hydroxylation sites is 2. The Bertz CT molecular complexity index is 3310. The van der Waals surface area contributed by atoms with Crippen molar-refractivity contribution in [1.29, 1.82) is 5.26 Å². The first-order valence-corrected chi connectivity index (χ1v) is 18.8. The molecule has 2 aromatic heterocycles. The molecule has 0 spiro atoms. The lowest BCUT2D eigenvalue weighted by molar-refractivity contribution is 1.14. The fraction of sp³-hybridized carbons (Fsp3) is 0.0385. The van der Waals surface area contributed by atoms with Gasteiger partial charge in [-0.05, 0) is 107 Å². The number of hydrogen-bond donors (Lipinski definition) is 0. The fourth-order valence-electron chi connectivity index (χ4n) is 8.60. The molecule has 0 aliphatic rings. The van der Waals surface area contributed by atoms with Gasteiger partial charge in [0.1, 0.15) is 6.07 Å². The standard InChI is InChI=1S/C52H34N4/c1-33-13-4-6-17-40(33)36-23-25-49-45(28-36)42-19-8-10-21-47(42)55(49)51-31-44(35-15-12-16-39(27-35)54-3)52(30-38(51)32-53)56-48-22-11-9-20-43(48)46-29-37(24-26-50(46)56)41-18-7-5-14-34(41)2/h4-31H,1-2H3. The third-order valence-corrected chi connectivity index (χ3v) is 11.3. The summed E-state index contributed by atoms with van der Waals surface area (Å²) in [6.45, 7) is 12.2. The molecule has 10 aromatic rings. The Morgan fingerprint density at radius 3 is 1.50 bits per heavy atom. The predicted molar refractivity (Wildman–Crippen MR) is 232 cm³/mol. The lowest BCUT2D eigenvalue weighted by Crippen LogP contribution is -2.04. The largest absolute Gasteiger partial charge is 0.309 e. The van der Waals surface area contributed by atoms with Crippen LogP contribution in [0.1, 0.15) is 16.7 Å². The number of hydrogen-bond acceptors (Lipinski definition) is 1. The van der Waals surface area contributed by atoms with Crippen LogP contribution in [0.5, 0.6) is 0 Å². The molecule has 0 unspecified atom stereocenters. The summed E-state index contributed by atoms with van der Waals surface area (Å²) in [6.07, 6.45) is 0. The molecule has 56 heavy (non-hydrogen) atoms. The normalized spacial score (nSPS) is 11.4. The number of fused-ring (bicyclic) bond motifs is 6. The van der Waals surface area contributed by atoms with Crippen LogP contribution in [-0.4, -0.2) is 9.13 Å². The minimum absolute atomic E-state index is 0.554. The van der Waals surface area contributed by atoms with Gasteiger partial charge in [-0.15, -0.1) is 0 Å². The van der Waals surface area contributed by atoms with Gasteiger partial charge in [0, 0.05) is 27.1 Å². The minimum atomic E-state index is 0.554. The maximum Gasteiger partial charge on any atom is 0.187 e. The van der Waals surface area contributed by atoms with Crippen LogP contribution in [0.3, 0.4) is 0 Å². The second-order valence-electron chi connectivity index (χ2n) is 14.5. The highest BCUT2D eigenvalue weighted by atomic mass is 15.0. The summed E-state index contributed by atoms with van der Waals surface area (Å²) in [5, 5.41) is 15.6. The summed E-state index contributed by atoms with van der Waals surface area (Å²) in [7, 11) is 0. The SMILES string of the molecule is [C-]#[N+]c1cccc(-c2cc(-n3c4ccccc4c4cc(-c5ccccc5C)ccc43)c(C#N)cc2-n2c3ccccc3c3cc(-c4ccccc4C)ccc32)c1. The Labute approximate surface area is 325 Å². The smallest absolute Gasteiger partial charge is 0.187 e. The summed E-state index contributed by atoms with van der Waals surface area (Å²) < 4.78 is 4.52. The molecule has 0 aliphatic heterocycles. The van der Waals surface area contributed by atoms with Crippen molar-refractivity contribution < 1.29 is 0 Å². The average molecular weight is 715 g/mol. The van der Waals surface area contributed by atoms with E-state index in [9.17, 15) is 5.26 Å². The zero-order valence-electron chi connectivity index (χ0n) is 31.0. The van der Waals surface area contributed by atoms with E-state index in [1.807, 2.05) is 24.3 Å². The molecule has 0 saturated heterocycles. The van der Waals surface area contributed by atoms with Crippen LogP contribution in [0.4, 0.5) is 5.69 Å². The Balaban J connectivity index is 1.28. The van der Waals surface area contributed by atoms with Gasteiger partial charge in [0.15, 0.2) is 5.69 Å². The maximum absolute atomic E-state index is 11.1. The molecule has 0 amide bonds. The van der Waals surface area contributed by atoms with Crippen LogP contribution in [0, 0.1) is 31.8 Å². The fourth-order valence-corrected chi connectivity index (χ4v) is 8.60. The highest BCUT2D eigenvalue weighted by Crippen LogP contribution is 2.43. The number of benzene rings is 8. The molecule has 10 rings (SSSR count). The zero-order chi connectivity index (χ0) is 37.9. The van der Waals surface area contributed by atoms with Crippen molar-refractivity contribution in [2.45, 2.75) is 13.8 Å². The quantitative estimate of drug-likeness (QED) is 0.164. The third-order valence-electron chi connectivity index (χ3n) is 11.3. The summed E-state index contributed by atoms with van der Waals surface area (Å²) in [5.41, 5.74) is 15.9. The van der Waals surface area contributed by atoms with E-state index in [0.29, 0.717) is 11.3 Å². The zero-order valence-corrected chi connectivity index (χ0v) is 31.0. The number of rotatable bonds is 5. The molecular formula is C52H34N4. The number of aromatic nitrogens is 2. The molecule has 262 valence electrons. The summed E-state index contributed by atoms with van der Waals surface area (Å²) >= 11 is 0. The lowest BCUT2D eigenvalue weighted by Gasteiger charge is -2.19. The number of nitrogens with zero attached hydrogens (tertiary/aromatic N) is 4. The molecule has 0 aliphatic carbocycles. The van der Waals surface area contributed by atoms with Gasteiger partial charge in [0.05, 0.1) is 45.6 Å². The first-order chi connectivity index (χ1) is 27.5. The third kappa shape index (κ3) is 5.12. The van der Waals surface area contributed by atoms with Gasteiger partial charge in [0.25, 0.3) is 0 Å². The Morgan fingerprint density at radius 2 is 0.946 bits per heavy atom. The van der Waals surface area contributed by atoms with Gasteiger partial charge in [-0.3, -0.25) is 0 Å². The molecule has 2 heterocycles. The van der Waals surface area contributed by atoms with Crippen molar-refractivity contribution in [2.75, 3.05) is 0 Å². The molecule has 8 aromatic carbocycles. The Kier molecular flexibility index (Phi) is 7.66. The molecule has 0 saturated carbocycles. The Hall–Kier alpha value is -7.66. The van der Waals surface area contributed by atoms with Crippen molar-refractivity contribution in [1.82, 2.24) is 9.13 Å². The van der Waals surface area contributed by atoms with Crippen molar-refractivity contribution >= 4 is 49.3 Å². The van der Waals surface area contributed by atoms with Gasteiger partial charge >= 0.3 is 0 Å². The highest BCUT2D eigenvalue weighted by molar-refractivity contribution is 6.12. The van der Waals surface area contributed by atoms with Crippen LogP contribution >= 0.6 is 0 Å². The molecule has 4 heteroatoms. The van der Waals surface area contributed by atoms with E-state index in [1.165, 1.54) is 22.3 Å². The summed E-state index contributed by atoms with van der Waals surface area (Å²) in [5.74, 6) is 0. The van der Waals surface area contributed by atoms with Gasteiger partial charge in [-0.2, -0.15) is 5.26 Å². The van der Waals surface area contributed by atoms with Crippen molar-refractivity contribution in [3.63, 3.8) is 0 Å². The summed E-state index contributed by atoms with van der Waals surface area (Å²) in [4.78, 5) is 3.81. The monoisotopic (exact) mass is 714 g/mol. The topological polar surface area (TPSA) is 38.0 Å². The first kappa shape index (κ1) is 32.9. The molecule has 0 N–H and O–H groups in total. The van der Waals surface area contributed by atoms with E-state index < -0.39 is 0 Å². The lowest BCUT2D eigenvalue weighted by atomic mass is 9.98. The van der Waals surface area contributed by atoms with E-state index in [4.69, 9.17) is 6.57 Å². The average Bonchev–Trinajstić information content (AvgIpc) is 3.75. The van der Waals surface area contributed by atoms with Crippen molar-refractivity contribution in [3.8, 4) is 50.8 Å². The maximum atomic E-state index is 11.1. The molecule has 0 fully saturated rings. The number of nitriles is 1. The Morgan fingerprint density at radius 1 is 0.446 bits per heavy atom. The van der Waals surface area contributed by atoms with Crippen LogP contribution in [-0.2, 0) is 0 Å². The predicted octanol–water partition coefficient (Wildman–Crippen LogP) is 13.9. The second kappa shape index (κ2) is 13.0. The molecule has 0 bridgehead atoms. The van der Waals surface area contributed by atoms with E-state index in [2.05, 4.69) is 179 Å². The van der Waals surface area contributed by atoms with Crippen molar-refractivity contribution in [2.24, 2.45) is 0 Å². The van der Waals surface area contributed by atoms with Crippen LogP contribution in [0.15, 0.2) is 170 Å². The van der Waals surface area contributed by atoms with Gasteiger partial charge in [0.2, 0.25) is 0 Å². The van der Waals surface area contributed by atoms with Gasteiger partial charge in [-0.25, -0.2) is 4.85 Å². The molecule has 4 nitrogen and oxygen atoms in total. The molecule has 0 atom stereocenters. The van der Waals surface area contributed by atoms with Gasteiger partial charge < -0.3 is 9.13 Å². The highest BCUT2D eigenvalue weighted by Gasteiger charge is 2.22. The van der Waals surface area contributed by atoms with Crippen LogP contribution in [0.25, 0.3) is 93.2 Å². The van der Waals surface area contributed by atoms with Crippen molar-refractivity contribution in [3.05, 3.63) is 198 Å². The van der Waals surface area contributed by atoms with E-state index in [-0.39, 0.29) is 0 Å². The van der Waals surface area contributed by atoms with Crippen LogP contribution < -0.4 is 0 Å². The minimum Gasteiger partial charge on any atom is -0.309 e. The number of aryl methyl sites for hydroxylation is 2. The van der Waals surface area contributed by atoms with Crippen LogP contribution in [0.2, 0.25) is 0 Å². The molecular weight excluding hydrogens is 681 g/mol. The van der Waals surface area contributed by atoms with Gasteiger partial charge in [-0.1, -0.05) is 115 Å². The van der Waals surface area contributed by atoms with E-state index >= 15 is 0 Å². The second-order valence-corrected chi connectivity index (χ2v) is 14.5. The first-order valence-electron chi connectivity index (χ1n) is 18.8. The van der Waals surface area contributed by atoms with E-state index in [0.717, 1.165) is 77.2 Å².